The Morgan fingerprint density at radius 1 is 1.03 bits per heavy atom. The van der Waals surface area contributed by atoms with Gasteiger partial charge in [-0.3, -0.25) is 0 Å². The zero-order valence-corrected chi connectivity index (χ0v) is 16.6. The third-order valence-corrected chi connectivity index (χ3v) is 4.64. The van der Waals surface area contributed by atoms with Crippen molar-refractivity contribution in [1.82, 2.24) is 34.5 Å². The summed E-state index contributed by atoms with van der Waals surface area (Å²) >= 11 is 0. The molecule has 5 rings (SSSR count). The number of nitrogens with zero attached hydrogens (tertiary/aromatic N) is 8. The van der Waals surface area contributed by atoms with Gasteiger partial charge in [-0.05, 0) is 24.3 Å². The molecule has 0 amide bonds. The largest absolute Gasteiger partial charge is 0.469 e. The van der Waals surface area contributed by atoms with Crippen molar-refractivity contribution in [3.63, 3.8) is 0 Å². The number of rotatable bonds is 5. The Balaban J connectivity index is 1.67. The number of aromatic nitrogens is 7. The predicted octanol–water partition coefficient (Wildman–Crippen LogP) is 2.68. The van der Waals surface area contributed by atoms with Gasteiger partial charge in [0.2, 0.25) is 11.8 Å². The SMILES string of the molecule is N#Cc1cccc(-c2nc(N)n3nc(COc4ccccn4)nc3c2-c2ccncn2)c1. The fourth-order valence-corrected chi connectivity index (χ4v) is 3.25. The maximum absolute atomic E-state index is 9.32. The lowest BCUT2D eigenvalue weighted by Gasteiger charge is -2.11. The first kappa shape index (κ1) is 19.1. The molecule has 0 saturated carbocycles. The van der Waals surface area contributed by atoms with Gasteiger partial charge in [-0.25, -0.2) is 24.9 Å². The van der Waals surface area contributed by atoms with Crippen LogP contribution in [0.4, 0.5) is 5.95 Å². The van der Waals surface area contributed by atoms with E-state index in [0.29, 0.717) is 45.4 Å². The molecule has 0 bridgehead atoms. The summed E-state index contributed by atoms with van der Waals surface area (Å²) in [6.45, 7) is 0.0978. The highest BCUT2D eigenvalue weighted by Crippen LogP contribution is 2.33. The van der Waals surface area contributed by atoms with Gasteiger partial charge in [0.15, 0.2) is 18.1 Å². The van der Waals surface area contributed by atoms with Gasteiger partial charge in [0.1, 0.15) is 6.33 Å². The van der Waals surface area contributed by atoms with E-state index in [1.54, 1.807) is 48.8 Å². The van der Waals surface area contributed by atoms with E-state index in [1.165, 1.54) is 10.8 Å². The lowest BCUT2D eigenvalue weighted by molar-refractivity contribution is 0.284. The normalized spacial score (nSPS) is 10.7. The first-order valence-corrected chi connectivity index (χ1v) is 9.59. The smallest absolute Gasteiger partial charge is 0.223 e. The zero-order valence-electron chi connectivity index (χ0n) is 16.6. The van der Waals surface area contributed by atoms with Crippen LogP contribution in [-0.2, 0) is 6.61 Å². The highest BCUT2D eigenvalue weighted by atomic mass is 16.5. The number of benzene rings is 1. The Hall–Kier alpha value is -4.91. The topological polar surface area (TPSA) is 141 Å². The molecule has 0 aliphatic heterocycles. The number of nitrogen functional groups attached to an aromatic ring is 1. The molecular formula is C22H15N9O. The van der Waals surface area contributed by atoms with Gasteiger partial charge >= 0.3 is 0 Å². The van der Waals surface area contributed by atoms with Crippen LogP contribution >= 0.6 is 0 Å². The maximum atomic E-state index is 9.32. The summed E-state index contributed by atoms with van der Waals surface area (Å²) in [4.78, 5) is 21.7. The van der Waals surface area contributed by atoms with Crippen LogP contribution in [0.15, 0.2) is 67.3 Å². The van der Waals surface area contributed by atoms with Crippen LogP contribution in [0.3, 0.4) is 0 Å². The fraction of sp³-hybridized carbons (Fsp3) is 0.0455. The molecule has 0 radical (unpaired) electrons. The lowest BCUT2D eigenvalue weighted by atomic mass is 10.0. The summed E-state index contributed by atoms with van der Waals surface area (Å²) in [5, 5.41) is 13.8. The van der Waals surface area contributed by atoms with Crippen LogP contribution in [0.2, 0.25) is 0 Å². The number of nitriles is 1. The Kier molecular flexibility index (Phi) is 4.82. The number of fused-ring (bicyclic) bond motifs is 1. The van der Waals surface area contributed by atoms with E-state index in [-0.39, 0.29) is 12.6 Å². The van der Waals surface area contributed by atoms with E-state index in [4.69, 9.17) is 10.5 Å². The number of hydrogen-bond acceptors (Lipinski definition) is 9. The molecule has 10 heteroatoms. The van der Waals surface area contributed by atoms with Gasteiger partial charge in [-0.2, -0.15) is 9.78 Å². The molecule has 10 nitrogen and oxygen atoms in total. The molecule has 0 atom stereocenters. The molecule has 5 aromatic rings. The highest BCUT2D eigenvalue weighted by Gasteiger charge is 2.21. The summed E-state index contributed by atoms with van der Waals surface area (Å²) in [5.74, 6) is 1.01. The lowest BCUT2D eigenvalue weighted by Crippen LogP contribution is -2.06. The summed E-state index contributed by atoms with van der Waals surface area (Å²) in [6.07, 6.45) is 4.72. The van der Waals surface area contributed by atoms with Crippen molar-refractivity contribution < 1.29 is 4.74 Å². The molecule has 2 N–H and O–H groups in total. The molecule has 0 spiro atoms. The number of ether oxygens (including phenoxy) is 1. The van der Waals surface area contributed by atoms with Gasteiger partial charge in [-0.15, -0.1) is 5.10 Å². The quantitative estimate of drug-likeness (QED) is 0.453. The highest BCUT2D eigenvalue weighted by molar-refractivity contribution is 5.89. The molecular weight excluding hydrogens is 406 g/mol. The van der Waals surface area contributed by atoms with Crippen molar-refractivity contribution in [3.05, 3.63) is 78.6 Å². The molecule has 32 heavy (non-hydrogen) atoms. The van der Waals surface area contributed by atoms with E-state index in [1.807, 2.05) is 12.1 Å². The molecule has 0 aliphatic rings. The van der Waals surface area contributed by atoms with Crippen molar-refractivity contribution in [2.45, 2.75) is 6.61 Å². The third-order valence-electron chi connectivity index (χ3n) is 4.64. The summed E-state index contributed by atoms with van der Waals surface area (Å²) in [5.41, 5.74) is 9.66. The summed E-state index contributed by atoms with van der Waals surface area (Å²) in [7, 11) is 0. The van der Waals surface area contributed by atoms with Crippen LogP contribution < -0.4 is 10.5 Å². The minimum Gasteiger partial charge on any atom is -0.469 e. The van der Waals surface area contributed by atoms with Gasteiger partial charge in [0, 0.05) is 24.0 Å². The average molecular weight is 421 g/mol. The molecule has 154 valence electrons. The fourth-order valence-electron chi connectivity index (χ4n) is 3.25. The third kappa shape index (κ3) is 3.54. The molecule has 1 aromatic carbocycles. The van der Waals surface area contributed by atoms with Crippen LogP contribution in [0.5, 0.6) is 5.88 Å². The summed E-state index contributed by atoms with van der Waals surface area (Å²) < 4.78 is 7.13. The van der Waals surface area contributed by atoms with E-state index >= 15 is 0 Å². The molecule has 4 heterocycles. The monoisotopic (exact) mass is 421 g/mol. The first-order chi connectivity index (χ1) is 15.7. The van der Waals surface area contributed by atoms with Crippen LogP contribution in [0, 0.1) is 11.3 Å². The van der Waals surface area contributed by atoms with E-state index in [0.717, 1.165) is 0 Å². The molecule has 4 aromatic heterocycles. The summed E-state index contributed by atoms with van der Waals surface area (Å²) in [6, 6.07) is 16.4. The second-order valence-electron chi connectivity index (χ2n) is 6.70. The number of nitrogens with two attached hydrogens (primary N) is 1. The standard InChI is InChI=1S/C22H15N9O/c23-11-14-4-3-5-15(10-14)20-19(16-7-9-25-13-27-16)21-28-17(30-31(21)22(24)29-20)12-32-18-6-1-2-8-26-18/h1-10,13H,12H2,(H2,24,29). The predicted molar refractivity (Wildman–Crippen MR) is 115 cm³/mol. The minimum absolute atomic E-state index is 0.0978. The van der Waals surface area contributed by atoms with E-state index < -0.39 is 0 Å². The van der Waals surface area contributed by atoms with Crippen molar-refractivity contribution in [3.8, 4) is 34.5 Å². The zero-order chi connectivity index (χ0) is 21.9. The second-order valence-corrected chi connectivity index (χ2v) is 6.70. The van der Waals surface area contributed by atoms with Gasteiger partial charge in [0.05, 0.1) is 28.6 Å². The van der Waals surface area contributed by atoms with E-state index in [2.05, 4.69) is 36.1 Å². The second kappa shape index (κ2) is 8.08. The Bertz CT molecular complexity index is 1440. The average Bonchev–Trinajstić information content (AvgIpc) is 3.28. The van der Waals surface area contributed by atoms with Crippen molar-refractivity contribution in [2.75, 3.05) is 5.73 Å². The number of anilines is 1. The van der Waals surface area contributed by atoms with Crippen molar-refractivity contribution in [2.24, 2.45) is 0 Å². The van der Waals surface area contributed by atoms with Gasteiger partial charge < -0.3 is 10.5 Å². The minimum atomic E-state index is 0.0978. The van der Waals surface area contributed by atoms with Gasteiger partial charge in [0.25, 0.3) is 0 Å². The maximum Gasteiger partial charge on any atom is 0.223 e. The Labute approximate surface area is 182 Å². The van der Waals surface area contributed by atoms with Crippen LogP contribution in [0.1, 0.15) is 11.4 Å². The van der Waals surface area contributed by atoms with Gasteiger partial charge in [-0.1, -0.05) is 18.2 Å². The van der Waals surface area contributed by atoms with E-state index in [9.17, 15) is 5.26 Å². The van der Waals surface area contributed by atoms with Crippen LogP contribution in [0.25, 0.3) is 28.2 Å². The number of hydrogen-bond donors (Lipinski definition) is 1. The molecule has 0 saturated heterocycles. The Morgan fingerprint density at radius 3 is 2.75 bits per heavy atom. The van der Waals surface area contributed by atoms with Crippen molar-refractivity contribution >= 4 is 11.6 Å². The number of pyridine rings is 1. The molecule has 0 unspecified atom stereocenters. The van der Waals surface area contributed by atoms with Crippen molar-refractivity contribution in [1.29, 1.82) is 5.26 Å². The first-order valence-electron chi connectivity index (χ1n) is 9.59. The molecule has 0 fully saturated rings. The van der Waals surface area contributed by atoms with Crippen LogP contribution in [-0.4, -0.2) is 34.5 Å². The Morgan fingerprint density at radius 2 is 1.97 bits per heavy atom. The molecule has 0 aliphatic carbocycles.